The first-order valence-electron chi connectivity index (χ1n) is 5.13. The second kappa shape index (κ2) is 2.70. The van der Waals surface area contributed by atoms with Crippen LogP contribution in [0, 0.1) is 0 Å². The Morgan fingerprint density at radius 2 is 2.57 bits per heavy atom. The predicted molar refractivity (Wildman–Crippen MR) is 53.4 cm³/mol. The molecule has 0 aliphatic carbocycles. The van der Waals surface area contributed by atoms with E-state index in [9.17, 15) is 0 Å². The molecule has 14 heavy (non-hydrogen) atoms. The lowest BCUT2D eigenvalue weighted by molar-refractivity contribution is 0.115. The molecule has 1 fully saturated rings. The largest absolute Gasteiger partial charge is 0.484 e. The van der Waals surface area contributed by atoms with Gasteiger partial charge in [0.05, 0.1) is 6.20 Å². The van der Waals surface area contributed by atoms with Crippen molar-refractivity contribution in [3.63, 3.8) is 0 Å². The first-order chi connectivity index (χ1) is 6.77. The average Bonchev–Trinajstić information content (AvgIpc) is 2.69. The van der Waals surface area contributed by atoms with Crippen LogP contribution in [0.5, 0.6) is 5.75 Å². The van der Waals surface area contributed by atoms with E-state index in [0.29, 0.717) is 6.04 Å². The summed E-state index contributed by atoms with van der Waals surface area (Å²) < 4.78 is 6.00. The van der Waals surface area contributed by atoms with E-state index in [1.807, 2.05) is 12.4 Å². The Labute approximate surface area is 83.5 Å². The van der Waals surface area contributed by atoms with Gasteiger partial charge in [-0.1, -0.05) is 0 Å². The Morgan fingerprint density at radius 3 is 3.29 bits per heavy atom. The van der Waals surface area contributed by atoms with Crippen molar-refractivity contribution < 1.29 is 4.74 Å². The van der Waals surface area contributed by atoms with Gasteiger partial charge in [-0.3, -0.25) is 4.98 Å². The fraction of sp³-hybridized carbons (Fsp3) is 0.545. The Morgan fingerprint density at radius 1 is 1.64 bits per heavy atom. The van der Waals surface area contributed by atoms with Crippen LogP contribution in [0.15, 0.2) is 18.5 Å². The summed E-state index contributed by atoms with van der Waals surface area (Å²) >= 11 is 0. The molecule has 2 aliphatic rings. The lowest BCUT2D eigenvalue weighted by Crippen LogP contribution is -2.36. The first kappa shape index (κ1) is 8.24. The van der Waals surface area contributed by atoms with Gasteiger partial charge in [-0.15, -0.1) is 0 Å². The summed E-state index contributed by atoms with van der Waals surface area (Å²) in [5.41, 5.74) is 1.32. The standard InChI is InChI=1S/C11H14N2O/c1-8-4-11(7-13-8)5-9-2-3-12-6-10(9)14-11/h2-3,6,8,13H,4-5,7H2,1H3/t8-,11-/m0/s1. The van der Waals surface area contributed by atoms with E-state index >= 15 is 0 Å². The van der Waals surface area contributed by atoms with Gasteiger partial charge in [-0.05, 0) is 13.0 Å². The maximum absolute atomic E-state index is 6.00. The molecule has 1 aromatic heterocycles. The van der Waals surface area contributed by atoms with Crippen molar-refractivity contribution in [2.24, 2.45) is 0 Å². The molecule has 3 heterocycles. The van der Waals surface area contributed by atoms with Gasteiger partial charge in [0.25, 0.3) is 0 Å². The zero-order valence-electron chi connectivity index (χ0n) is 8.29. The highest BCUT2D eigenvalue weighted by molar-refractivity contribution is 5.37. The molecule has 3 nitrogen and oxygen atoms in total. The summed E-state index contributed by atoms with van der Waals surface area (Å²) in [7, 11) is 0. The van der Waals surface area contributed by atoms with Crippen LogP contribution in [-0.4, -0.2) is 23.2 Å². The fourth-order valence-electron chi connectivity index (χ4n) is 2.54. The average molecular weight is 190 g/mol. The van der Waals surface area contributed by atoms with Gasteiger partial charge in [0.1, 0.15) is 11.4 Å². The van der Waals surface area contributed by atoms with Crippen LogP contribution < -0.4 is 10.1 Å². The molecule has 74 valence electrons. The molecule has 2 aliphatic heterocycles. The van der Waals surface area contributed by atoms with Crippen molar-refractivity contribution in [1.82, 2.24) is 10.3 Å². The molecule has 0 unspecified atom stereocenters. The van der Waals surface area contributed by atoms with Gasteiger partial charge >= 0.3 is 0 Å². The van der Waals surface area contributed by atoms with Crippen molar-refractivity contribution in [1.29, 1.82) is 0 Å². The van der Waals surface area contributed by atoms with E-state index in [-0.39, 0.29) is 5.60 Å². The molecule has 1 spiro atoms. The van der Waals surface area contributed by atoms with Crippen LogP contribution in [0.4, 0.5) is 0 Å². The second-order valence-electron chi connectivity index (χ2n) is 4.43. The van der Waals surface area contributed by atoms with Crippen molar-refractivity contribution in [2.75, 3.05) is 6.54 Å². The van der Waals surface area contributed by atoms with E-state index in [4.69, 9.17) is 4.74 Å². The van der Waals surface area contributed by atoms with Gasteiger partial charge in [0, 0.05) is 37.2 Å². The van der Waals surface area contributed by atoms with Crippen molar-refractivity contribution in [2.45, 2.75) is 31.4 Å². The molecular weight excluding hydrogens is 176 g/mol. The third-order valence-corrected chi connectivity index (χ3v) is 3.16. The van der Waals surface area contributed by atoms with E-state index in [1.54, 1.807) is 0 Å². The number of aromatic nitrogens is 1. The lowest BCUT2D eigenvalue weighted by Gasteiger charge is -2.21. The predicted octanol–water partition coefficient (Wildman–Crippen LogP) is 1.14. The number of pyridine rings is 1. The highest BCUT2D eigenvalue weighted by Crippen LogP contribution is 2.38. The molecule has 3 rings (SSSR count). The third kappa shape index (κ3) is 1.12. The van der Waals surface area contributed by atoms with E-state index < -0.39 is 0 Å². The Hall–Kier alpha value is -1.09. The minimum atomic E-state index is 0.0186. The molecule has 0 bridgehead atoms. The number of rotatable bonds is 0. The van der Waals surface area contributed by atoms with Crippen molar-refractivity contribution in [3.8, 4) is 5.75 Å². The SMILES string of the molecule is C[C@H]1C[C@@]2(CN1)Cc1ccncc1O2. The monoisotopic (exact) mass is 190 g/mol. The minimum Gasteiger partial charge on any atom is -0.484 e. The Balaban J connectivity index is 1.91. The molecule has 3 heteroatoms. The number of fused-ring (bicyclic) bond motifs is 1. The molecule has 1 saturated heterocycles. The summed E-state index contributed by atoms with van der Waals surface area (Å²) in [6.07, 6.45) is 5.80. The molecular formula is C11H14N2O. The van der Waals surface area contributed by atoms with E-state index in [2.05, 4.69) is 23.3 Å². The first-order valence-corrected chi connectivity index (χ1v) is 5.13. The van der Waals surface area contributed by atoms with Crippen LogP contribution in [0.3, 0.4) is 0 Å². The van der Waals surface area contributed by atoms with Gasteiger partial charge < -0.3 is 10.1 Å². The summed E-state index contributed by atoms with van der Waals surface area (Å²) in [6.45, 7) is 3.17. The molecule has 2 atom stereocenters. The number of hydrogen-bond donors (Lipinski definition) is 1. The van der Waals surface area contributed by atoms with Gasteiger partial charge in [0.15, 0.2) is 0 Å². The second-order valence-corrected chi connectivity index (χ2v) is 4.43. The zero-order chi connectivity index (χ0) is 9.60. The topological polar surface area (TPSA) is 34.2 Å². The highest BCUT2D eigenvalue weighted by Gasteiger charge is 2.44. The Bertz CT molecular complexity index is 339. The smallest absolute Gasteiger partial charge is 0.141 e. The summed E-state index contributed by atoms with van der Waals surface area (Å²) in [5, 5.41) is 3.44. The van der Waals surface area contributed by atoms with Crippen molar-refractivity contribution >= 4 is 0 Å². The van der Waals surface area contributed by atoms with Crippen LogP contribution in [0.1, 0.15) is 18.9 Å². The highest BCUT2D eigenvalue weighted by atomic mass is 16.5. The van der Waals surface area contributed by atoms with E-state index in [0.717, 1.165) is 25.1 Å². The number of nitrogens with zero attached hydrogens (tertiary/aromatic N) is 1. The maximum Gasteiger partial charge on any atom is 0.141 e. The number of ether oxygens (including phenoxy) is 1. The lowest BCUT2D eigenvalue weighted by atomic mass is 9.95. The van der Waals surface area contributed by atoms with Gasteiger partial charge in [0.2, 0.25) is 0 Å². The number of hydrogen-bond acceptors (Lipinski definition) is 3. The summed E-state index contributed by atoms with van der Waals surface area (Å²) in [4.78, 5) is 4.08. The molecule has 0 radical (unpaired) electrons. The van der Waals surface area contributed by atoms with Crippen molar-refractivity contribution in [3.05, 3.63) is 24.0 Å². The molecule has 1 N–H and O–H groups in total. The molecule has 0 amide bonds. The normalized spacial score (nSPS) is 34.5. The van der Waals surface area contributed by atoms with Crippen LogP contribution >= 0.6 is 0 Å². The Kier molecular flexibility index (Phi) is 1.59. The zero-order valence-corrected chi connectivity index (χ0v) is 8.29. The number of nitrogens with one attached hydrogen (secondary N) is 1. The van der Waals surface area contributed by atoms with Gasteiger partial charge in [-0.2, -0.15) is 0 Å². The van der Waals surface area contributed by atoms with Crippen LogP contribution in [-0.2, 0) is 6.42 Å². The summed E-state index contributed by atoms with van der Waals surface area (Å²) in [6, 6.07) is 2.63. The molecule has 1 aromatic rings. The maximum atomic E-state index is 6.00. The minimum absolute atomic E-state index is 0.0186. The fourth-order valence-corrected chi connectivity index (χ4v) is 2.54. The molecule has 0 saturated carbocycles. The third-order valence-electron chi connectivity index (χ3n) is 3.16. The summed E-state index contributed by atoms with van der Waals surface area (Å²) in [5.74, 6) is 0.975. The van der Waals surface area contributed by atoms with Crippen LogP contribution in [0.25, 0.3) is 0 Å². The molecule has 0 aromatic carbocycles. The van der Waals surface area contributed by atoms with E-state index in [1.165, 1.54) is 5.56 Å². The van der Waals surface area contributed by atoms with Gasteiger partial charge in [-0.25, -0.2) is 0 Å². The van der Waals surface area contributed by atoms with Crippen LogP contribution in [0.2, 0.25) is 0 Å². The quantitative estimate of drug-likeness (QED) is 0.666.